The van der Waals surface area contributed by atoms with E-state index in [-0.39, 0.29) is 18.8 Å². The Morgan fingerprint density at radius 1 is 1.19 bits per heavy atom. The van der Waals surface area contributed by atoms with Crippen LogP contribution in [0.1, 0.15) is 46.5 Å². The molecule has 0 aromatic rings. The van der Waals surface area contributed by atoms with Crippen molar-refractivity contribution >= 4 is 10.2 Å². The molecule has 2 rings (SSSR count). The van der Waals surface area contributed by atoms with E-state index < -0.39 is 15.7 Å². The molecule has 2 atom stereocenters. The largest absolute Gasteiger partial charge is 0.394 e. The molecule has 1 saturated carbocycles. The van der Waals surface area contributed by atoms with Crippen LogP contribution in [0, 0.1) is 5.92 Å². The van der Waals surface area contributed by atoms with E-state index in [1.165, 1.54) is 4.31 Å². The van der Waals surface area contributed by atoms with Crippen LogP contribution in [0.15, 0.2) is 0 Å². The Hall–Kier alpha value is -0.210. The van der Waals surface area contributed by atoms with Crippen molar-refractivity contribution < 1.29 is 18.3 Å². The summed E-state index contributed by atoms with van der Waals surface area (Å²) in [6.45, 7) is 6.50. The van der Waals surface area contributed by atoms with Crippen LogP contribution in [0.4, 0.5) is 0 Å². The summed E-state index contributed by atoms with van der Waals surface area (Å²) in [5.74, 6) is 0.595. The highest BCUT2D eigenvalue weighted by atomic mass is 32.2. The van der Waals surface area contributed by atoms with Crippen LogP contribution in [0.5, 0.6) is 0 Å². The van der Waals surface area contributed by atoms with Crippen molar-refractivity contribution in [2.75, 3.05) is 19.7 Å². The molecule has 1 aliphatic heterocycles. The van der Waals surface area contributed by atoms with Crippen molar-refractivity contribution in [3.63, 3.8) is 0 Å². The maximum absolute atomic E-state index is 12.6. The van der Waals surface area contributed by atoms with E-state index in [9.17, 15) is 13.5 Å². The summed E-state index contributed by atoms with van der Waals surface area (Å²) in [5, 5.41) is 9.72. The minimum absolute atomic E-state index is 0.109. The fraction of sp³-hybridized carbons (Fsp3) is 1.00. The highest BCUT2D eigenvalue weighted by Gasteiger charge is 2.40. The molecule has 2 N–H and O–H groups in total. The molecule has 2 unspecified atom stereocenters. The normalized spacial score (nSPS) is 39.3. The van der Waals surface area contributed by atoms with Crippen LogP contribution in [0.2, 0.25) is 0 Å². The lowest BCUT2D eigenvalue weighted by molar-refractivity contribution is -0.0448. The van der Waals surface area contributed by atoms with Gasteiger partial charge in [-0.1, -0.05) is 6.92 Å². The Labute approximate surface area is 128 Å². The Morgan fingerprint density at radius 2 is 1.71 bits per heavy atom. The fourth-order valence-corrected chi connectivity index (χ4v) is 5.03. The standard InChI is InChI=1S/C14H28N2O4S/c1-11-4-6-14(10-17,7-5-11)15-21(18,19)16-8-12(2)20-13(3)9-16/h11-13,15,17H,4-10H2,1-3H3. The van der Waals surface area contributed by atoms with Crippen molar-refractivity contribution in [1.29, 1.82) is 0 Å². The molecule has 1 aliphatic carbocycles. The van der Waals surface area contributed by atoms with E-state index in [4.69, 9.17) is 4.74 Å². The summed E-state index contributed by atoms with van der Waals surface area (Å²) in [4.78, 5) is 0. The maximum atomic E-state index is 12.6. The second-order valence-electron chi connectivity index (χ2n) is 6.80. The molecule has 1 saturated heterocycles. The van der Waals surface area contributed by atoms with Crippen LogP contribution in [-0.2, 0) is 14.9 Å². The van der Waals surface area contributed by atoms with Crippen molar-refractivity contribution in [1.82, 2.24) is 9.03 Å². The zero-order valence-electron chi connectivity index (χ0n) is 13.2. The minimum Gasteiger partial charge on any atom is -0.394 e. The second-order valence-corrected chi connectivity index (χ2v) is 8.47. The predicted octanol–water partition coefficient (Wildman–Crippen LogP) is 0.871. The second kappa shape index (κ2) is 6.50. The van der Waals surface area contributed by atoms with Gasteiger partial charge >= 0.3 is 0 Å². The van der Waals surface area contributed by atoms with Gasteiger partial charge in [0, 0.05) is 13.1 Å². The van der Waals surface area contributed by atoms with Crippen LogP contribution < -0.4 is 4.72 Å². The molecule has 7 heteroatoms. The topological polar surface area (TPSA) is 78.9 Å². The highest BCUT2D eigenvalue weighted by molar-refractivity contribution is 7.87. The first-order chi connectivity index (χ1) is 9.76. The number of aliphatic hydroxyl groups is 1. The van der Waals surface area contributed by atoms with Gasteiger partial charge in [0.05, 0.1) is 24.4 Å². The zero-order valence-corrected chi connectivity index (χ0v) is 14.0. The third-order valence-corrected chi connectivity index (χ3v) is 6.27. The SMILES string of the molecule is CC1CCC(CO)(NS(=O)(=O)N2CC(C)OC(C)C2)CC1. The lowest BCUT2D eigenvalue weighted by atomic mass is 9.78. The molecular weight excluding hydrogens is 292 g/mol. The molecule has 0 aromatic heterocycles. The number of hydrogen-bond acceptors (Lipinski definition) is 4. The van der Waals surface area contributed by atoms with Gasteiger partial charge in [0.2, 0.25) is 0 Å². The number of ether oxygens (including phenoxy) is 1. The molecule has 124 valence electrons. The van der Waals surface area contributed by atoms with Crippen molar-refractivity contribution in [2.24, 2.45) is 5.92 Å². The zero-order chi connectivity index (χ0) is 15.7. The first kappa shape index (κ1) is 17.1. The molecule has 2 aliphatic rings. The van der Waals surface area contributed by atoms with Gasteiger partial charge in [0.25, 0.3) is 10.2 Å². The monoisotopic (exact) mass is 320 g/mol. The Balaban J connectivity index is 2.08. The summed E-state index contributed by atoms with van der Waals surface area (Å²) >= 11 is 0. The first-order valence-corrected chi connectivity index (χ1v) is 9.26. The van der Waals surface area contributed by atoms with Gasteiger partial charge in [-0.25, -0.2) is 0 Å². The average molecular weight is 320 g/mol. The van der Waals surface area contributed by atoms with E-state index >= 15 is 0 Å². The van der Waals surface area contributed by atoms with E-state index in [0.717, 1.165) is 12.8 Å². The molecule has 6 nitrogen and oxygen atoms in total. The molecule has 0 bridgehead atoms. The molecular formula is C14H28N2O4S. The maximum Gasteiger partial charge on any atom is 0.280 e. The summed E-state index contributed by atoms with van der Waals surface area (Å²) in [6.07, 6.45) is 3.06. The lowest BCUT2D eigenvalue weighted by Gasteiger charge is -2.41. The molecule has 1 heterocycles. The minimum atomic E-state index is -3.59. The predicted molar refractivity (Wildman–Crippen MR) is 81.1 cm³/mol. The van der Waals surface area contributed by atoms with Crippen molar-refractivity contribution in [2.45, 2.75) is 64.2 Å². The van der Waals surface area contributed by atoms with Crippen LogP contribution in [0.25, 0.3) is 0 Å². The summed E-state index contributed by atoms with van der Waals surface area (Å²) in [6, 6.07) is 0. The number of nitrogens with zero attached hydrogens (tertiary/aromatic N) is 1. The smallest absolute Gasteiger partial charge is 0.280 e. The van der Waals surface area contributed by atoms with E-state index in [2.05, 4.69) is 11.6 Å². The molecule has 0 radical (unpaired) electrons. The first-order valence-electron chi connectivity index (χ1n) is 7.82. The Kier molecular flexibility index (Phi) is 5.31. The number of hydrogen-bond donors (Lipinski definition) is 2. The molecule has 0 spiro atoms. The lowest BCUT2D eigenvalue weighted by Crippen LogP contribution is -2.60. The van der Waals surface area contributed by atoms with Gasteiger partial charge in [0.15, 0.2) is 0 Å². The quantitative estimate of drug-likeness (QED) is 0.806. The van der Waals surface area contributed by atoms with E-state index in [1.807, 2.05) is 13.8 Å². The van der Waals surface area contributed by atoms with Crippen LogP contribution >= 0.6 is 0 Å². The van der Waals surface area contributed by atoms with Crippen LogP contribution in [0.3, 0.4) is 0 Å². The van der Waals surface area contributed by atoms with Crippen molar-refractivity contribution in [3.8, 4) is 0 Å². The molecule has 2 fully saturated rings. The van der Waals surface area contributed by atoms with Crippen LogP contribution in [-0.4, -0.2) is 55.3 Å². The Bertz CT molecular complexity index is 436. The summed E-state index contributed by atoms with van der Waals surface area (Å²) < 4.78 is 35.1. The highest BCUT2D eigenvalue weighted by Crippen LogP contribution is 2.32. The fourth-order valence-electron chi connectivity index (χ4n) is 3.27. The molecule has 0 amide bonds. The number of nitrogens with one attached hydrogen (secondary N) is 1. The van der Waals surface area contributed by atoms with Gasteiger partial charge in [-0.05, 0) is 45.4 Å². The van der Waals surface area contributed by atoms with Gasteiger partial charge in [0.1, 0.15) is 0 Å². The Morgan fingerprint density at radius 3 is 2.19 bits per heavy atom. The van der Waals surface area contributed by atoms with Gasteiger partial charge in [-0.2, -0.15) is 17.4 Å². The summed E-state index contributed by atoms with van der Waals surface area (Å²) in [7, 11) is -3.59. The number of aliphatic hydroxyl groups excluding tert-OH is 1. The van der Waals surface area contributed by atoms with E-state index in [0.29, 0.717) is 31.8 Å². The number of morpholine rings is 1. The molecule has 21 heavy (non-hydrogen) atoms. The van der Waals surface area contributed by atoms with Gasteiger partial charge in [-0.15, -0.1) is 0 Å². The van der Waals surface area contributed by atoms with Gasteiger partial charge in [-0.3, -0.25) is 0 Å². The average Bonchev–Trinajstić information content (AvgIpc) is 2.40. The van der Waals surface area contributed by atoms with Gasteiger partial charge < -0.3 is 9.84 Å². The third-order valence-electron chi connectivity index (χ3n) is 4.61. The molecule has 0 aromatic carbocycles. The third kappa shape index (κ3) is 4.16. The van der Waals surface area contributed by atoms with E-state index in [1.54, 1.807) is 0 Å². The van der Waals surface area contributed by atoms with Crippen molar-refractivity contribution in [3.05, 3.63) is 0 Å². The summed E-state index contributed by atoms with van der Waals surface area (Å²) in [5.41, 5.74) is -0.698. The number of rotatable bonds is 4.